The van der Waals surface area contributed by atoms with E-state index in [1.807, 2.05) is 24.3 Å². The van der Waals surface area contributed by atoms with Gasteiger partial charge in [0, 0.05) is 11.3 Å². The number of nitrogens with zero attached hydrogens (tertiary/aromatic N) is 1. The molecule has 1 aromatic heterocycles. The van der Waals surface area contributed by atoms with Crippen molar-refractivity contribution >= 4 is 29.1 Å². The van der Waals surface area contributed by atoms with E-state index in [-0.39, 0.29) is 11.5 Å². The van der Waals surface area contributed by atoms with Gasteiger partial charge in [0.2, 0.25) is 0 Å². The summed E-state index contributed by atoms with van der Waals surface area (Å²) in [5.41, 5.74) is 2.33. The predicted octanol–water partition coefficient (Wildman–Crippen LogP) is 5.24. The number of ether oxygens (including phenoxy) is 1. The fraction of sp³-hybridized carbons (Fsp3) is 0.148. The van der Waals surface area contributed by atoms with Gasteiger partial charge in [-0.15, -0.1) is 0 Å². The average Bonchev–Trinajstić information content (AvgIpc) is 3.42. The van der Waals surface area contributed by atoms with Crippen molar-refractivity contribution < 1.29 is 18.7 Å². The zero-order valence-electron chi connectivity index (χ0n) is 19.2. The molecule has 0 unspecified atom stereocenters. The Balaban J connectivity index is 1.65. The van der Waals surface area contributed by atoms with Gasteiger partial charge in [0.1, 0.15) is 11.5 Å². The third-order valence-corrected chi connectivity index (χ3v) is 6.54. The summed E-state index contributed by atoms with van der Waals surface area (Å²) in [6.45, 7) is 1.76. The number of carbonyl (C=O) groups excluding carboxylic acids is 2. The van der Waals surface area contributed by atoms with Crippen molar-refractivity contribution in [2.45, 2.75) is 12.8 Å². The molecule has 176 valence electrons. The third-order valence-electron chi connectivity index (χ3n) is 5.52. The van der Waals surface area contributed by atoms with E-state index in [9.17, 15) is 14.9 Å². The zero-order chi connectivity index (χ0) is 24.8. The maximum absolute atomic E-state index is 13.5. The van der Waals surface area contributed by atoms with Gasteiger partial charge in [-0.2, -0.15) is 5.26 Å². The highest BCUT2D eigenvalue weighted by Gasteiger charge is 2.36. The minimum absolute atomic E-state index is 0.0573. The van der Waals surface area contributed by atoms with Crippen LogP contribution in [-0.4, -0.2) is 24.6 Å². The predicted molar refractivity (Wildman–Crippen MR) is 135 cm³/mol. The molecule has 0 saturated heterocycles. The maximum Gasteiger partial charge on any atom is 0.254 e. The quantitative estimate of drug-likeness (QED) is 0.421. The Morgan fingerprint density at radius 1 is 1.11 bits per heavy atom. The summed E-state index contributed by atoms with van der Waals surface area (Å²) in [4.78, 5) is 26.1. The number of ketones is 1. The van der Waals surface area contributed by atoms with Crippen LogP contribution in [0.1, 0.15) is 29.0 Å². The highest BCUT2D eigenvalue weighted by atomic mass is 32.2. The number of carbonyl (C=O) groups is 2. The molecule has 0 aliphatic carbocycles. The van der Waals surface area contributed by atoms with Gasteiger partial charge in [0.25, 0.3) is 5.91 Å². The van der Waals surface area contributed by atoms with Crippen molar-refractivity contribution in [2.75, 3.05) is 18.2 Å². The number of furan rings is 1. The Morgan fingerprint density at radius 2 is 1.86 bits per heavy atom. The number of thioether (sulfide) groups is 1. The lowest BCUT2D eigenvalue weighted by Crippen LogP contribution is -2.30. The molecule has 2 heterocycles. The van der Waals surface area contributed by atoms with Crippen LogP contribution in [0.25, 0.3) is 0 Å². The standard InChI is InChI=1S/C27H23N3O4S/c1-17-24(26(32)30-20-11-6-7-12-22(20)33-2)25(23-13-8-14-34-23)19(15-28)27(29-17)35-16-21(31)18-9-4-3-5-10-18/h3-14,25,29H,16H2,1-2H3,(H,30,32)/t25-/m0/s1. The van der Waals surface area contributed by atoms with E-state index in [2.05, 4.69) is 16.7 Å². The number of dihydropyridines is 1. The Kier molecular flexibility index (Phi) is 7.38. The van der Waals surface area contributed by atoms with Crippen LogP contribution in [-0.2, 0) is 4.79 Å². The van der Waals surface area contributed by atoms with Crippen LogP contribution in [0.15, 0.2) is 99.3 Å². The van der Waals surface area contributed by atoms with E-state index in [1.165, 1.54) is 25.1 Å². The number of Topliss-reactive ketones (excluding diaryl/α,β-unsaturated/α-hetero) is 1. The van der Waals surface area contributed by atoms with E-state index in [0.717, 1.165) is 0 Å². The van der Waals surface area contributed by atoms with E-state index >= 15 is 0 Å². The number of nitrogens with one attached hydrogen (secondary N) is 2. The van der Waals surface area contributed by atoms with Crippen LogP contribution in [0.3, 0.4) is 0 Å². The Hall–Kier alpha value is -4.22. The second-order valence-corrected chi connectivity index (χ2v) is 8.68. The Labute approximate surface area is 207 Å². The Bertz CT molecular complexity index is 1340. The lowest BCUT2D eigenvalue weighted by molar-refractivity contribution is -0.113. The molecule has 2 aromatic carbocycles. The monoisotopic (exact) mass is 485 g/mol. The van der Waals surface area contributed by atoms with Crippen molar-refractivity contribution in [1.82, 2.24) is 5.32 Å². The number of nitriles is 1. The van der Waals surface area contributed by atoms with Crippen LogP contribution in [0.4, 0.5) is 5.69 Å². The molecule has 1 atom stereocenters. The van der Waals surface area contributed by atoms with Crippen molar-refractivity contribution in [3.8, 4) is 11.8 Å². The minimum atomic E-state index is -0.736. The molecule has 0 radical (unpaired) electrons. The SMILES string of the molecule is COc1ccccc1NC(=O)C1=C(C)NC(SCC(=O)c2ccccc2)=C(C#N)[C@H]1c1ccco1. The highest BCUT2D eigenvalue weighted by molar-refractivity contribution is 8.03. The van der Waals surface area contributed by atoms with Gasteiger partial charge in [-0.1, -0.05) is 54.2 Å². The molecule has 1 aliphatic heterocycles. The van der Waals surface area contributed by atoms with Gasteiger partial charge in [-0.05, 0) is 31.2 Å². The summed E-state index contributed by atoms with van der Waals surface area (Å²) in [5.74, 6) is -0.0704. The summed E-state index contributed by atoms with van der Waals surface area (Å²) in [6, 6.07) is 21.7. The summed E-state index contributed by atoms with van der Waals surface area (Å²) >= 11 is 1.23. The van der Waals surface area contributed by atoms with E-state index in [1.54, 1.807) is 49.4 Å². The lowest BCUT2D eigenvalue weighted by atomic mass is 9.85. The van der Waals surface area contributed by atoms with Crippen molar-refractivity contribution in [1.29, 1.82) is 5.26 Å². The molecule has 4 rings (SSSR count). The second kappa shape index (κ2) is 10.8. The molecule has 0 fully saturated rings. The van der Waals surface area contributed by atoms with Crippen LogP contribution < -0.4 is 15.4 Å². The number of rotatable bonds is 8. The number of amides is 1. The van der Waals surface area contributed by atoms with E-state index < -0.39 is 11.8 Å². The molecule has 35 heavy (non-hydrogen) atoms. The number of allylic oxidation sites excluding steroid dienone is 2. The summed E-state index contributed by atoms with van der Waals surface area (Å²) < 4.78 is 11.0. The van der Waals surface area contributed by atoms with E-state index in [0.29, 0.717) is 44.6 Å². The third kappa shape index (κ3) is 5.15. The van der Waals surface area contributed by atoms with Crippen molar-refractivity contribution in [3.05, 3.63) is 106 Å². The van der Waals surface area contributed by atoms with Crippen LogP contribution >= 0.6 is 11.8 Å². The first-order valence-corrected chi connectivity index (χ1v) is 11.8. The normalized spacial score (nSPS) is 15.3. The number of anilines is 1. The van der Waals surface area contributed by atoms with Gasteiger partial charge >= 0.3 is 0 Å². The average molecular weight is 486 g/mol. The molecular formula is C27H23N3O4S. The second-order valence-electron chi connectivity index (χ2n) is 7.70. The number of benzene rings is 2. The van der Waals surface area contributed by atoms with Gasteiger partial charge in [0.15, 0.2) is 5.78 Å². The first-order valence-electron chi connectivity index (χ1n) is 10.8. The molecule has 3 aromatic rings. The molecule has 0 saturated carbocycles. The van der Waals surface area contributed by atoms with Crippen LogP contribution in [0.2, 0.25) is 0 Å². The van der Waals surface area contributed by atoms with Crippen LogP contribution in [0, 0.1) is 11.3 Å². The molecule has 0 bridgehead atoms. The summed E-state index contributed by atoms with van der Waals surface area (Å²) in [7, 11) is 1.53. The molecule has 1 aliphatic rings. The molecule has 1 amide bonds. The minimum Gasteiger partial charge on any atom is -0.495 e. The molecule has 2 N–H and O–H groups in total. The van der Waals surface area contributed by atoms with Gasteiger partial charge < -0.3 is 19.8 Å². The number of hydrogen-bond acceptors (Lipinski definition) is 7. The fourth-order valence-corrected chi connectivity index (χ4v) is 4.84. The molecular weight excluding hydrogens is 462 g/mol. The van der Waals surface area contributed by atoms with Crippen molar-refractivity contribution in [3.63, 3.8) is 0 Å². The molecule has 0 spiro atoms. The number of para-hydroxylation sites is 2. The first-order chi connectivity index (χ1) is 17.0. The summed E-state index contributed by atoms with van der Waals surface area (Å²) in [6.07, 6.45) is 1.50. The largest absolute Gasteiger partial charge is 0.495 e. The lowest BCUT2D eigenvalue weighted by Gasteiger charge is -2.28. The fourth-order valence-electron chi connectivity index (χ4n) is 3.85. The maximum atomic E-state index is 13.5. The van der Waals surface area contributed by atoms with E-state index in [4.69, 9.17) is 9.15 Å². The Morgan fingerprint density at radius 3 is 2.54 bits per heavy atom. The molecule has 7 nitrogen and oxygen atoms in total. The van der Waals surface area contributed by atoms with Gasteiger partial charge in [0.05, 0.1) is 53.0 Å². The number of methoxy groups -OCH3 is 1. The van der Waals surface area contributed by atoms with Crippen molar-refractivity contribution in [2.24, 2.45) is 0 Å². The number of hydrogen-bond donors (Lipinski definition) is 2. The summed E-state index contributed by atoms with van der Waals surface area (Å²) in [5, 5.41) is 16.7. The van der Waals surface area contributed by atoms with Crippen LogP contribution in [0.5, 0.6) is 5.75 Å². The first kappa shape index (κ1) is 23.9. The zero-order valence-corrected chi connectivity index (χ0v) is 20.0. The van der Waals surface area contributed by atoms with Gasteiger partial charge in [-0.3, -0.25) is 9.59 Å². The highest BCUT2D eigenvalue weighted by Crippen LogP contribution is 2.41. The topological polar surface area (TPSA) is 104 Å². The smallest absolute Gasteiger partial charge is 0.254 e. The molecule has 8 heteroatoms. The van der Waals surface area contributed by atoms with Gasteiger partial charge in [-0.25, -0.2) is 0 Å².